The molecule has 0 unspecified atom stereocenters. The Morgan fingerprint density at radius 3 is 2.69 bits per heavy atom. The first kappa shape index (κ1) is 21.7. The van der Waals surface area contributed by atoms with E-state index >= 15 is 0 Å². The Morgan fingerprint density at radius 1 is 1.12 bits per heavy atom. The third-order valence-electron chi connectivity index (χ3n) is 4.41. The van der Waals surface area contributed by atoms with E-state index < -0.39 is 11.7 Å². The number of benzene rings is 3. The fourth-order valence-electron chi connectivity index (χ4n) is 2.96. The summed E-state index contributed by atoms with van der Waals surface area (Å²) in [7, 11) is 0. The summed E-state index contributed by atoms with van der Waals surface area (Å²) in [6, 6.07) is 19.7. The molecule has 0 saturated heterocycles. The Balaban J connectivity index is 1.56. The number of hydrazone groups is 1. The fourth-order valence-corrected chi connectivity index (χ4v) is 3.89. The van der Waals surface area contributed by atoms with Gasteiger partial charge in [-0.15, -0.1) is 0 Å². The number of carbonyl (C=O) groups excluding carboxylic acids is 1. The molecular formula is C23H16ClFN4O2S. The summed E-state index contributed by atoms with van der Waals surface area (Å²) in [5, 5.41) is 5.22. The van der Waals surface area contributed by atoms with E-state index in [1.54, 1.807) is 60.7 Å². The maximum Gasteiger partial charge on any atom is 0.266 e. The standard InChI is InChI=1S/C23H16ClFN4O2S/c24-16-8-10-18(11-9-16)29-22(31)19-6-1-2-7-20(19)27-23(29)32-14-21(30)28-26-13-15-4-3-5-17(25)12-15/h1-13H,14H2,(H,28,30)/b26-13-. The van der Waals surface area contributed by atoms with Gasteiger partial charge in [-0.2, -0.15) is 5.10 Å². The Kier molecular flexibility index (Phi) is 6.63. The number of aromatic nitrogens is 2. The molecule has 3 aromatic carbocycles. The Hall–Kier alpha value is -3.49. The Morgan fingerprint density at radius 2 is 1.91 bits per heavy atom. The van der Waals surface area contributed by atoms with E-state index in [-0.39, 0.29) is 11.3 Å². The molecule has 0 saturated carbocycles. The minimum atomic E-state index is -0.396. The third kappa shape index (κ3) is 5.04. The topological polar surface area (TPSA) is 76.3 Å². The summed E-state index contributed by atoms with van der Waals surface area (Å²) >= 11 is 7.09. The molecule has 32 heavy (non-hydrogen) atoms. The molecule has 1 aromatic heterocycles. The normalized spacial score (nSPS) is 11.2. The van der Waals surface area contributed by atoms with E-state index in [0.29, 0.717) is 32.3 Å². The van der Waals surface area contributed by atoms with Crippen molar-refractivity contribution in [3.8, 4) is 5.69 Å². The number of fused-ring (bicyclic) bond motifs is 1. The van der Waals surface area contributed by atoms with Gasteiger partial charge in [0.15, 0.2) is 5.16 Å². The second-order valence-electron chi connectivity index (χ2n) is 6.67. The van der Waals surface area contributed by atoms with Gasteiger partial charge in [0.25, 0.3) is 11.5 Å². The molecule has 6 nitrogen and oxygen atoms in total. The van der Waals surface area contributed by atoms with Crippen molar-refractivity contribution in [3.63, 3.8) is 0 Å². The van der Waals surface area contributed by atoms with Gasteiger partial charge in [-0.1, -0.05) is 47.6 Å². The quantitative estimate of drug-likeness (QED) is 0.197. The largest absolute Gasteiger partial charge is 0.272 e. The summed E-state index contributed by atoms with van der Waals surface area (Å²) in [6.45, 7) is 0. The third-order valence-corrected chi connectivity index (χ3v) is 5.60. The van der Waals surface area contributed by atoms with Crippen LogP contribution in [0.4, 0.5) is 4.39 Å². The molecule has 0 aliphatic rings. The molecular weight excluding hydrogens is 451 g/mol. The van der Waals surface area contributed by atoms with Gasteiger partial charge in [-0.25, -0.2) is 14.8 Å². The van der Waals surface area contributed by atoms with E-state index in [0.717, 1.165) is 11.8 Å². The minimum Gasteiger partial charge on any atom is -0.272 e. The lowest BCUT2D eigenvalue weighted by molar-refractivity contribution is -0.118. The molecule has 4 aromatic rings. The number of halogens is 2. The zero-order chi connectivity index (χ0) is 22.5. The Labute approximate surface area is 191 Å². The molecule has 0 radical (unpaired) electrons. The smallest absolute Gasteiger partial charge is 0.266 e. The summed E-state index contributed by atoms with van der Waals surface area (Å²) in [5.74, 6) is -0.815. The maximum absolute atomic E-state index is 13.2. The number of carbonyl (C=O) groups is 1. The molecule has 0 aliphatic heterocycles. The van der Waals surface area contributed by atoms with Crippen LogP contribution in [-0.4, -0.2) is 27.4 Å². The summed E-state index contributed by atoms with van der Waals surface area (Å²) < 4.78 is 14.7. The SMILES string of the molecule is O=C(CSc1nc2ccccc2c(=O)n1-c1ccc(Cl)cc1)N/N=C\c1cccc(F)c1. The van der Waals surface area contributed by atoms with Crippen molar-refractivity contribution >= 4 is 46.4 Å². The summed E-state index contributed by atoms with van der Waals surface area (Å²) in [5.41, 5.74) is 3.79. The van der Waals surface area contributed by atoms with Crippen LogP contribution in [0.3, 0.4) is 0 Å². The van der Waals surface area contributed by atoms with Gasteiger partial charge in [0, 0.05) is 5.02 Å². The lowest BCUT2D eigenvalue weighted by Crippen LogP contribution is -2.24. The number of hydrogen-bond acceptors (Lipinski definition) is 5. The molecule has 1 amide bonds. The van der Waals surface area contributed by atoms with Crippen LogP contribution in [-0.2, 0) is 4.79 Å². The number of nitrogens with zero attached hydrogens (tertiary/aromatic N) is 3. The van der Waals surface area contributed by atoms with E-state index in [9.17, 15) is 14.0 Å². The van der Waals surface area contributed by atoms with Crippen LogP contribution in [0.15, 0.2) is 87.8 Å². The molecule has 160 valence electrons. The highest BCUT2D eigenvalue weighted by atomic mass is 35.5. The van der Waals surface area contributed by atoms with Crippen molar-refractivity contribution in [3.05, 3.63) is 99.6 Å². The summed E-state index contributed by atoms with van der Waals surface area (Å²) in [4.78, 5) is 30.0. The highest BCUT2D eigenvalue weighted by molar-refractivity contribution is 7.99. The van der Waals surface area contributed by atoms with Crippen LogP contribution in [0.5, 0.6) is 0 Å². The van der Waals surface area contributed by atoms with Crippen molar-refractivity contribution in [2.45, 2.75) is 5.16 Å². The van der Waals surface area contributed by atoms with Crippen LogP contribution in [0.25, 0.3) is 16.6 Å². The number of nitrogens with one attached hydrogen (secondary N) is 1. The first-order chi connectivity index (χ1) is 15.5. The maximum atomic E-state index is 13.2. The molecule has 0 fully saturated rings. The van der Waals surface area contributed by atoms with Crippen molar-refractivity contribution in [1.82, 2.24) is 15.0 Å². The number of rotatable bonds is 6. The number of thioether (sulfide) groups is 1. The van der Waals surface area contributed by atoms with Crippen molar-refractivity contribution in [2.24, 2.45) is 5.10 Å². The molecule has 0 aliphatic carbocycles. The van der Waals surface area contributed by atoms with Crippen LogP contribution in [0.2, 0.25) is 5.02 Å². The fraction of sp³-hybridized carbons (Fsp3) is 0.0435. The highest BCUT2D eigenvalue weighted by Gasteiger charge is 2.14. The molecule has 0 bridgehead atoms. The minimum absolute atomic E-state index is 0.0289. The molecule has 1 heterocycles. The average Bonchev–Trinajstić information content (AvgIpc) is 2.79. The number of amides is 1. The van der Waals surface area contributed by atoms with Crippen LogP contribution < -0.4 is 11.0 Å². The second-order valence-corrected chi connectivity index (χ2v) is 8.04. The van der Waals surface area contributed by atoms with Gasteiger partial charge >= 0.3 is 0 Å². The number of para-hydroxylation sites is 1. The van der Waals surface area contributed by atoms with Crippen molar-refractivity contribution < 1.29 is 9.18 Å². The van der Waals surface area contributed by atoms with Gasteiger partial charge in [0.1, 0.15) is 5.82 Å². The van der Waals surface area contributed by atoms with Crippen molar-refractivity contribution in [2.75, 3.05) is 5.75 Å². The first-order valence-corrected chi connectivity index (χ1v) is 10.9. The van der Waals surface area contributed by atoms with Gasteiger partial charge in [0.05, 0.1) is 28.6 Å². The second kappa shape index (κ2) is 9.76. The predicted molar refractivity (Wildman–Crippen MR) is 125 cm³/mol. The summed E-state index contributed by atoms with van der Waals surface area (Å²) in [6.07, 6.45) is 1.35. The molecule has 9 heteroatoms. The highest BCUT2D eigenvalue weighted by Crippen LogP contribution is 2.22. The number of hydrogen-bond donors (Lipinski definition) is 1. The van der Waals surface area contributed by atoms with E-state index in [1.807, 2.05) is 0 Å². The molecule has 0 spiro atoms. The predicted octanol–water partition coefficient (Wildman–Crippen LogP) is 4.42. The zero-order valence-electron chi connectivity index (χ0n) is 16.5. The van der Waals surface area contributed by atoms with E-state index in [4.69, 9.17) is 11.6 Å². The van der Waals surface area contributed by atoms with Gasteiger partial charge in [-0.3, -0.25) is 14.2 Å². The van der Waals surface area contributed by atoms with Gasteiger partial charge in [0.2, 0.25) is 0 Å². The lowest BCUT2D eigenvalue weighted by Gasteiger charge is -2.13. The van der Waals surface area contributed by atoms with Crippen LogP contribution in [0, 0.1) is 5.82 Å². The zero-order valence-corrected chi connectivity index (χ0v) is 18.1. The average molecular weight is 467 g/mol. The van der Waals surface area contributed by atoms with E-state index in [2.05, 4.69) is 15.5 Å². The van der Waals surface area contributed by atoms with Crippen molar-refractivity contribution in [1.29, 1.82) is 0 Å². The van der Waals surface area contributed by atoms with E-state index in [1.165, 1.54) is 22.9 Å². The van der Waals surface area contributed by atoms with Crippen LogP contribution in [0.1, 0.15) is 5.56 Å². The molecule has 1 N–H and O–H groups in total. The molecule has 0 atom stereocenters. The lowest BCUT2D eigenvalue weighted by atomic mass is 10.2. The monoisotopic (exact) mass is 466 g/mol. The van der Waals surface area contributed by atoms with Crippen LogP contribution >= 0.6 is 23.4 Å². The first-order valence-electron chi connectivity index (χ1n) is 9.49. The van der Waals surface area contributed by atoms with Gasteiger partial charge in [-0.05, 0) is 54.1 Å². The Bertz CT molecular complexity index is 1370. The van der Waals surface area contributed by atoms with Gasteiger partial charge < -0.3 is 0 Å². The molecule has 4 rings (SSSR count).